The number of nitrogens with zero attached hydrogens (tertiary/aromatic N) is 2. The SMILES string of the molecule is CCC(O)P(=O)(O)OC(C)(CC)CC1O[C@@H](n2ccc3c(=O)[nH]c(N)nc32)[C@H](O)[C@@H]1O. The summed E-state index contributed by atoms with van der Waals surface area (Å²) in [7, 11) is -4.33. The second-order valence-electron chi connectivity index (χ2n) is 8.01. The predicted octanol–water partition coefficient (Wildman–Crippen LogP) is 0.415. The standard InChI is InChI=1S/C18H29N4O8P/c1-4-11(23)31(27,28)30-18(3,5-2)8-10-12(24)13(25)16(29-10)22-7-6-9-14(22)20-17(19)21-15(9)26/h6-7,10-13,16,23-25H,4-5,8H2,1-3H3,(H,27,28)(H3,19,20,21,26)/t10?,11?,12-,13-,16-,18?/m1/s1. The number of aliphatic hydroxyl groups excluding tert-OH is 3. The largest absolute Gasteiger partial charge is 0.388 e. The van der Waals surface area contributed by atoms with Crippen LogP contribution in [0.2, 0.25) is 0 Å². The van der Waals surface area contributed by atoms with Crippen molar-refractivity contribution in [3.05, 3.63) is 22.6 Å². The first-order valence-corrected chi connectivity index (χ1v) is 11.7. The summed E-state index contributed by atoms with van der Waals surface area (Å²) in [4.78, 5) is 28.6. The second kappa shape index (κ2) is 8.62. The van der Waals surface area contributed by atoms with E-state index in [0.29, 0.717) is 0 Å². The number of nitrogens with two attached hydrogens (primary N) is 1. The molecule has 0 aromatic carbocycles. The van der Waals surface area contributed by atoms with Gasteiger partial charge in [0.05, 0.1) is 17.1 Å². The number of H-pyrrole nitrogens is 1. The molecule has 1 aliphatic heterocycles. The van der Waals surface area contributed by atoms with Gasteiger partial charge in [-0.15, -0.1) is 0 Å². The Bertz CT molecular complexity index is 1040. The molecule has 7 atom stereocenters. The summed E-state index contributed by atoms with van der Waals surface area (Å²) in [5.74, 6) is -1.64. The van der Waals surface area contributed by atoms with Gasteiger partial charge >= 0.3 is 7.60 Å². The Balaban J connectivity index is 1.85. The number of nitrogens with one attached hydrogen (secondary N) is 1. The highest BCUT2D eigenvalue weighted by molar-refractivity contribution is 7.53. The summed E-state index contributed by atoms with van der Waals surface area (Å²) in [5.41, 5.74) is 4.12. The van der Waals surface area contributed by atoms with Crippen molar-refractivity contribution >= 4 is 24.6 Å². The number of ether oxygens (including phenoxy) is 1. The van der Waals surface area contributed by atoms with Crippen LogP contribution in [-0.4, -0.2) is 64.5 Å². The molecule has 2 aromatic heterocycles. The smallest absolute Gasteiger partial charge is 0.356 e. The molecule has 174 valence electrons. The van der Waals surface area contributed by atoms with Crippen LogP contribution in [0.5, 0.6) is 0 Å². The van der Waals surface area contributed by atoms with Crippen molar-refractivity contribution in [1.29, 1.82) is 0 Å². The normalized spacial score (nSPS) is 29.0. The minimum Gasteiger partial charge on any atom is -0.388 e. The lowest BCUT2D eigenvalue weighted by molar-refractivity contribution is -0.0666. The van der Waals surface area contributed by atoms with Gasteiger partial charge in [-0.1, -0.05) is 13.8 Å². The number of aromatic nitrogens is 3. The summed E-state index contributed by atoms with van der Waals surface area (Å²) in [6.07, 6.45) is -2.97. The zero-order valence-corrected chi connectivity index (χ0v) is 18.4. The topological polar surface area (TPSA) is 193 Å². The molecule has 1 fully saturated rings. The summed E-state index contributed by atoms with van der Waals surface area (Å²) in [5, 5.41) is 31.2. The molecule has 0 bridgehead atoms. The molecule has 3 rings (SSSR count). The number of nitrogen functional groups attached to an aromatic ring is 1. The van der Waals surface area contributed by atoms with Gasteiger partial charge in [0.25, 0.3) is 5.56 Å². The van der Waals surface area contributed by atoms with E-state index in [-0.39, 0.29) is 36.2 Å². The van der Waals surface area contributed by atoms with Gasteiger partial charge in [-0.3, -0.25) is 14.3 Å². The third-order valence-corrected chi connectivity index (χ3v) is 7.51. The van der Waals surface area contributed by atoms with Crippen molar-refractivity contribution in [3.8, 4) is 0 Å². The summed E-state index contributed by atoms with van der Waals surface area (Å²) in [6.45, 7) is 4.85. The van der Waals surface area contributed by atoms with Crippen LogP contribution >= 0.6 is 7.60 Å². The molecule has 0 amide bonds. The minimum atomic E-state index is -4.33. The Morgan fingerprint density at radius 2 is 2.10 bits per heavy atom. The Hall–Kier alpha value is -1.79. The second-order valence-corrected chi connectivity index (χ2v) is 9.92. The molecular weight excluding hydrogens is 431 g/mol. The average molecular weight is 460 g/mol. The van der Waals surface area contributed by atoms with Gasteiger partial charge in [0, 0.05) is 12.6 Å². The number of fused-ring (bicyclic) bond motifs is 1. The zero-order valence-electron chi connectivity index (χ0n) is 17.5. The lowest BCUT2D eigenvalue weighted by Gasteiger charge is -2.34. The maximum Gasteiger partial charge on any atom is 0.356 e. The molecule has 0 spiro atoms. The van der Waals surface area contributed by atoms with E-state index in [1.807, 2.05) is 0 Å². The Morgan fingerprint density at radius 1 is 1.42 bits per heavy atom. The van der Waals surface area contributed by atoms with Crippen LogP contribution in [0.15, 0.2) is 17.1 Å². The van der Waals surface area contributed by atoms with Crippen molar-refractivity contribution in [1.82, 2.24) is 14.5 Å². The van der Waals surface area contributed by atoms with E-state index < -0.39 is 49.1 Å². The third-order valence-electron chi connectivity index (χ3n) is 5.69. The van der Waals surface area contributed by atoms with Gasteiger partial charge in [-0.05, 0) is 25.8 Å². The number of anilines is 1. The van der Waals surface area contributed by atoms with Crippen molar-refractivity contribution in [2.24, 2.45) is 0 Å². The fourth-order valence-corrected chi connectivity index (χ4v) is 5.09. The highest BCUT2D eigenvalue weighted by Crippen LogP contribution is 2.53. The molecule has 13 heteroatoms. The van der Waals surface area contributed by atoms with Crippen LogP contribution in [0.3, 0.4) is 0 Å². The summed E-state index contributed by atoms with van der Waals surface area (Å²) >= 11 is 0. The van der Waals surface area contributed by atoms with Crippen LogP contribution in [0.4, 0.5) is 5.95 Å². The van der Waals surface area contributed by atoms with Gasteiger partial charge in [-0.25, -0.2) is 0 Å². The third kappa shape index (κ3) is 4.56. The van der Waals surface area contributed by atoms with Gasteiger partial charge in [0.1, 0.15) is 12.2 Å². The Labute approximate surface area is 178 Å². The van der Waals surface area contributed by atoms with Gasteiger partial charge in [0.2, 0.25) is 5.95 Å². The number of hydrogen-bond acceptors (Lipinski definition) is 9. The van der Waals surface area contributed by atoms with E-state index in [2.05, 4.69) is 9.97 Å². The Morgan fingerprint density at radius 3 is 2.71 bits per heavy atom. The molecule has 3 heterocycles. The number of hydrogen-bond donors (Lipinski definition) is 6. The molecule has 4 unspecified atom stereocenters. The first-order valence-electron chi connectivity index (χ1n) is 10.0. The van der Waals surface area contributed by atoms with E-state index in [1.54, 1.807) is 20.8 Å². The molecule has 1 saturated heterocycles. The molecule has 7 N–H and O–H groups in total. The quantitative estimate of drug-likeness (QED) is 0.301. The van der Waals surface area contributed by atoms with Crippen molar-refractivity contribution in [2.75, 3.05) is 5.73 Å². The maximum atomic E-state index is 12.4. The highest BCUT2D eigenvalue weighted by atomic mass is 31.2. The van der Waals surface area contributed by atoms with Gasteiger partial charge < -0.3 is 39.8 Å². The first kappa shape index (κ1) is 23.9. The number of rotatable bonds is 8. The van der Waals surface area contributed by atoms with Crippen LogP contribution in [0.1, 0.15) is 46.3 Å². The van der Waals surface area contributed by atoms with Crippen molar-refractivity contribution < 1.29 is 34.0 Å². The predicted molar refractivity (Wildman–Crippen MR) is 111 cm³/mol. The lowest BCUT2D eigenvalue weighted by Crippen LogP contribution is -2.39. The Kier molecular flexibility index (Phi) is 6.64. The van der Waals surface area contributed by atoms with Crippen LogP contribution in [0, 0.1) is 0 Å². The molecular formula is C18H29N4O8P. The maximum absolute atomic E-state index is 12.4. The average Bonchev–Trinajstić information content (AvgIpc) is 3.23. The fourth-order valence-electron chi connectivity index (χ4n) is 3.67. The molecule has 0 radical (unpaired) electrons. The minimum absolute atomic E-state index is 0.0332. The number of aliphatic hydroxyl groups is 3. The van der Waals surface area contributed by atoms with E-state index in [4.69, 9.17) is 15.0 Å². The molecule has 0 saturated carbocycles. The number of aromatic amines is 1. The molecule has 12 nitrogen and oxygen atoms in total. The lowest BCUT2D eigenvalue weighted by atomic mass is 9.93. The van der Waals surface area contributed by atoms with Crippen LogP contribution in [0.25, 0.3) is 11.0 Å². The van der Waals surface area contributed by atoms with Gasteiger partial charge in [0.15, 0.2) is 17.7 Å². The van der Waals surface area contributed by atoms with Crippen molar-refractivity contribution in [3.63, 3.8) is 0 Å². The summed E-state index contributed by atoms with van der Waals surface area (Å²) in [6, 6.07) is 1.49. The first-order chi connectivity index (χ1) is 14.4. The van der Waals surface area contributed by atoms with E-state index in [1.165, 1.54) is 16.8 Å². The van der Waals surface area contributed by atoms with E-state index >= 15 is 0 Å². The van der Waals surface area contributed by atoms with E-state index in [0.717, 1.165) is 0 Å². The van der Waals surface area contributed by atoms with E-state index in [9.17, 15) is 29.6 Å². The fraction of sp³-hybridized carbons (Fsp3) is 0.667. The van der Waals surface area contributed by atoms with Gasteiger partial charge in [-0.2, -0.15) is 4.98 Å². The summed E-state index contributed by atoms with van der Waals surface area (Å²) < 4.78 is 25.1. The molecule has 2 aromatic rings. The van der Waals surface area contributed by atoms with Crippen molar-refractivity contribution in [2.45, 2.75) is 76.0 Å². The van der Waals surface area contributed by atoms with Crippen LogP contribution < -0.4 is 11.3 Å². The monoisotopic (exact) mass is 460 g/mol. The highest BCUT2D eigenvalue weighted by Gasteiger charge is 2.48. The van der Waals surface area contributed by atoms with Crippen LogP contribution in [-0.2, 0) is 13.8 Å². The molecule has 0 aliphatic carbocycles. The molecule has 1 aliphatic rings. The molecule has 31 heavy (non-hydrogen) atoms. The zero-order chi connectivity index (χ0) is 23.1.